The molecule has 0 aliphatic heterocycles. The molecule has 2 atom stereocenters. The van der Waals surface area contributed by atoms with Gasteiger partial charge < -0.3 is 18.9 Å². The zero-order chi connectivity index (χ0) is 50.6. The second kappa shape index (κ2) is 49.6. The van der Waals surface area contributed by atoms with Crippen LogP contribution in [0.3, 0.4) is 0 Å². The number of likely N-dealkylation sites (N-methyl/N-ethyl adjacent to an activating group) is 1. The van der Waals surface area contributed by atoms with E-state index < -0.39 is 26.5 Å². The Kier molecular flexibility index (Phi) is 47.2. The molecule has 0 aliphatic rings. The van der Waals surface area contributed by atoms with E-state index >= 15 is 0 Å². The number of unbranched alkanes of at least 4 members (excludes halogenated alkanes) is 16. The molecule has 0 heterocycles. The van der Waals surface area contributed by atoms with E-state index in [1.165, 1.54) is 51.4 Å². The van der Waals surface area contributed by atoms with Gasteiger partial charge in [0.2, 0.25) is 0 Å². The van der Waals surface area contributed by atoms with Gasteiger partial charge in [-0.05, 0) is 103 Å². The number of carbonyl (C=O) groups is 2. The second-order valence-corrected chi connectivity index (χ2v) is 20.3. The number of hydrogen-bond acceptors (Lipinski definition) is 7. The molecule has 0 fully saturated rings. The van der Waals surface area contributed by atoms with Gasteiger partial charge in [-0.25, -0.2) is 4.57 Å². The standard InChI is InChI=1S/C59H100NO8P/c1-6-8-10-12-14-16-18-20-22-24-26-27-28-29-30-31-32-33-34-36-38-40-42-44-46-48-50-52-59(62)68-57(56-67-69(63,64)66-54-53-60(3,4)5)55-65-58(61)51-49-47-45-43-41-39-37-35-25-23-21-19-17-15-13-11-9-7-2/h8,10,14,16-17,19-20,22-23,25-27,29-30,32-33,36,38,57H,6-7,9,11-13,15,18,21,24,28,31,34-35,37,39-56H2,1-5H3/p+1/b10-8-,16-14-,19-17-,22-20-,25-23-,27-26-,30-29-,33-32-,38-36-. The van der Waals surface area contributed by atoms with Gasteiger partial charge in [0, 0.05) is 12.8 Å². The molecule has 0 bridgehead atoms. The maximum Gasteiger partial charge on any atom is 0.472 e. The molecule has 1 N–H and O–H groups in total. The van der Waals surface area contributed by atoms with Crippen LogP contribution in [0.2, 0.25) is 0 Å². The molecule has 69 heavy (non-hydrogen) atoms. The fraction of sp³-hybridized carbons (Fsp3) is 0.661. The summed E-state index contributed by atoms with van der Waals surface area (Å²) in [6.45, 7) is 4.25. The molecular weight excluding hydrogens is 882 g/mol. The zero-order valence-electron chi connectivity index (χ0n) is 44.5. The van der Waals surface area contributed by atoms with Gasteiger partial charge in [-0.15, -0.1) is 0 Å². The van der Waals surface area contributed by atoms with Gasteiger partial charge >= 0.3 is 19.8 Å². The van der Waals surface area contributed by atoms with Crippen molar-refractivity contribution in [1.82, 2.24) is 0 Å². The highest BCUT2D eigenvalue weighted by Crippen LogP contribution is 2.43. The molecule has 394 valence electrons. The van der Waals surface area contributed by atoms with E-state index in [1.807, 2.05) is 21.1 Å². The van der Waals surface area contributed by atoms with Crippen molar-refractivity contribution in [3.8, 4) is 0 Å². The fourth-order valence-electron chi connectivity index (χ4n) is 6.85. The van der Waals surface area contributed by atoms with Gasteiger partial charge in [0.1, 0.15) is 19.8 Å². The highest BCUT2D eigenvalue weighted by molar-refractivity contribution is 7.47. The van der Waals surface area contributed by atoms with E-state index in [4.69, 9.17) is 18.5 Å². The van der Waals surface area contributed by atoms with Crippen LogP contribution in [0.5, 0.6) is 0 Å². The Labute approximate surface area is 423 Å². The normalized spacial score (nSPS) is 14.2. The summed E-state index contributed by atoms with van der Waals surface area (Å²) < 4.78 is 34.5. The minimum absolute atomic E-state index is 0.0199. The van der Waals surface area contributed by atoms with Gasteiger partial charge in [0.25, 0.3) is 0 Å². The molecule has 0 aromatic carbocycles. The largest absolute Gasteiger partial charge is 0.472 e. The van der Waals surface area contributed by atoms with Crippen LogP contribution in [0, 0.1) is 0 Å². The molecule has 0 spiro atoms. The molecule has 0 amide bonds. The van der Waals surface area contributed by atoms with Crippen LogP contribution in [0.25, 0.3) is 0 Å². The molecule has 0 aromatic heterocycles. The monoisotopic (exact) mass is 983 g/mol. The lowest BCUT2D eigenvalue weighted by Gasteiger charge is -2.24. The number of carbonyl (C=O) groups excluding carboxylic acids is 2. The quantitative estimate of drug-likeness (QED) is 0.0211. The minimum atomic E-state index is -4.40. The molecule has 0 aromatic rings. The summed E-state index contributed by atoms with van der Waals surface area (Å²) in [5.74, 6) is -0.837. The lowest BCUT2D eigenvalue weighted by atomic mass is 10.1. The summed E-state index contributed by atoms with van der Waals surface area (Å²) in [5, 5.41) is 0. The van der Waals surface area contributed by atoms with Crippen molar-refractivity contribution in [2.24, 2.45) is 0 Å². The third kappa shape index (κ3) is 53.9. The Balaban J connectivity index is 4.31. The van der Waals surface area contributed by atoms with Gasteiger partial charge in [0.15, 0.2) is 6.10 Å². The van der Waals surface area contributed by atoms with Crippen LogP contribution in [0.1, 0.15) is 200 Å². The van der Waals surface area contributed by atoms with Crippen LogP contribution in [-0.4, -0.2) is 74.9 Å². The number of allylic oxidation sites excluding steroid dienone is 18. The summed E-state index contributed by atoms with van der Waals surface area (Å²) >= 11 is 0. The van der Waals surface area contributed by atoms with E-state index in [2.05, 4.69) is 123 Å². The lowest BCUT2D eigenvalue weighted by Crippen LogP contribution is -2.37. The summed E-state index contributed by atoms with van der Waals surface area (Å²) in [6.07, 6.45) is 68.5. The highest BCUT2D eigenvalue weighted by atomic mass is 31.2. The predicted molar refractivity (Wildman–Crippen MR) is 293 cm³/mol. The minimum Gasteiger partial charge on any atom is -0.462 e. The topological polar surface area (TPSA) is 108 Å². The molecule has 2 unspecified atom stereocenters. The Morgan fingerprint density at radius 3 is 1.23 bits per heavy atom. The fourth-order valence-corrected chi connectivity index (χ4v) is 7.59. The van der Waals surface area contributed by atoms with Crippen molar-refractivity contribution in [2.45, 2.75) is 206 Å². The molecule has 9 nitrogen and oxygen atoms in total. The highest BCUT2D eigenvalue weighted by Gasteiger charge is 2.27. The first-order valence-corrected chi connectivity index (χ1v) is 28.6. The molecule has 0 aliphatic carbocycles. The van der Waals surface area contributed by atoms with Gasteiger partial charge in [-0.1, -0.05) is 194 Å². The lowest BCUT2D eigenvalue weighted by molar-refractivity contribution is -0.870. The first-order chi connectivity index (χ1) is 33.5. The van der Waals surface area contributed by atoms with Crippen molar-refractivity contribution in [3.63, 3.8) is 0 Å². The van der Waals surface area contributed by atoms with E-state index in [9.17, 15) is 19.0 Å². The Morgan fingerprint density at radius 1 is 0.464 bits per heavy atom. The molecular formula is C59H101NO8P+. The maximum atomic E-state index is 12.8. The molecule has 0 radical (unpaired) electrons. The number of phosphoric acid groups is 1. The third-order valence-corrected chi connectivity index (χ3v) is 12.0. The second-order valence-electron chi connectivity index (χ2n) is 18.9. The van der Waals surface area contributed by atoms with E-state index in [-0.39, 0.29) is 32.0 Å². The molecule has 10 heteroatoms. The predicted octanol–water partition coefficient (Wildman–Crippen LogP) is 16.6. The van der Waals surface area contributed by atoms with Crippen molar-refractivity contribution >= 4 is 19.8 Å². The van der Waals surface area contributed by atoms with E-state index in [0.717, 1.165) is 116 Å². The molecule has 0 rings (SSSR count). The van der Waals surface area contributed by atoms with Crippen molar-refractivity contribution < 1.29 is 42.1 Å². The number of ether oxygens (including phenoxy) is 2. The summed E-state index contributed by atoms with van der Waals surface area (Å²) in [4.78, 5) is 35.6. The Bertz CT molecular complexity index is 1530. The number of esters is 2. The van der Waals surface area contributed by atoms with Crippen molar-refractivity contribution in [2.75, 3.05) is 47.5 Å². The van der Waals surface area contributed by atoms with Crippen molar-refractivity contribution in [3.05, 3.63) is 109 Å². The van der Waals surface area contributed by atoms with Crippen molar-refractivity contribution in [1.29, 1.82) is 0 Å². The van der Waals surface area contributed by atoms with Gasteiger partial charge in [0.05, 0.1) is 27.7 Å². The van der Waals surface area contributed by atoms with Gasteiger partial charge in [-0.2, -0.15) is 0 Å². The van der Waals surface area contributed by atoms with E-state index in [0.29, 0.717) is 17.4 Å². The summed E-state index contributed by atoms with van der Waals surface area (Å²) in [5.41, 5.74) is 0. The smallest absolute Gasteiger partial charge is 0.462 e. The van der Waals surface area contributed by atoms with Crippen LogP contribution < -0.4 is 0 Å². The van der Waals surface area contributed by atoms with Crippen LogP contribution >= 0.6 is 7.82 Å². The number of phosphoric ester groups is 1. The summed E-state index contributed by atoms with van der Waals surface area (Å²) in [6, 6.07) is 0. The average molecular weight is 983 g/mol. The van der Waals surface area contributed by atoms with Gasteiger partial charge in [-0.3, -0.25) is 18.6 Å². The summed E-state index contributed by atoms with van der Waals surface area (Å²) in [7, 11) is 1.44. The number of quaternary nitrogens is 1. The Morgan fingerprint density at radius 2 is 0.826 bits per heavy atom. The maximum absolute atomic E-state index is 12.8. The SMILES string of the molecule is CC/C=C\C/C=C\C/C=C\C/C=C\C/C=C\C/C=C\C/C=C\CCCCCCCC(=O)OC(COC(=O)CCCCCCCCC/C=C\C/C=C\CCCCCC)COP(=O)(O)OCC[N+](C)(C)C. The first-order valence-electron chi connectivity index (χ1n) is 27.1. The van der Waals surface area contributed by atoms with Crippen LogP contribution in [0.15, 0.2) is 109 Å². The van der Waals surface area contributed by atoms with Crippen LogP contribution in [-0.2, 0) is 32.7 Å². The average Bonchev–Trinajstić information content (AvgIpc) is 3.31. The number of hydrogen-bond donors (Lipinski definition) is 1. The third-order valence-electron chi connectivity index (χ3n) is 11.0. The van der Waals surface area contributed by atoms with E-state index in [1.54, 1.807) is 0 Å². The zero-order valence-corrected chi connectivity index (χ0v) is 45.4. The van der Waals surface area contributed by atoms with Crippen LogP contribution in [0.4, 0.5) is 0 Å². The molecule has 0 saturated carbocycles. The molecule has 0 saturated heterocycles. The number of nitrogens with zero attached hydrogens (tertiary/aromatic N) is 1. The number of rotatable bonds is 48. The first kappa shape index (κ1) is 65.7. The Hall–Kier alpha value is -3.33.